The summed E-state index contributed by atoms with van der Waals surface area (Å²) in [5, 5.41) is 3.59. The van der Waals surface area contributed by atoms with Crippen LogP contribution in [0.15, 0.2) is 18.2 Å². The molecule has 2 aliphatic rings. The van der Waals surface area contributed by atoms with Gasteiger partial charge in [0.05, 0.1) is 5.69 Å². The second kappa shape index (κ2) is 5.43. The average Bonchev–Trinajstić information content (AvgIpc) is 2.89. The van der Waals surface area contributed by atoms with Gasteiger partial charge in [0.15, 0.2) is 0 Å². The molecule has 1 N–H and O–H groups in total. The van der Waals surface area contributed by atoms with E-state index in [2.05, 4.69) is 27.9 Å². The van der Waals surface area contributed by atoms with Gasteiger partial charge in [-0.25, -0.2) is 0 Å². The Hall–Kier alpha value is -0.820. The number of anilines is 1. The van der Waals surface area contributed by atoms with Crippen LogP contribution in [0.2, 0.25) is 5.02 Å². The van der Waals surface area contributed by atoms with Gasteiger partial charge in [-0.2, -0.15) is 0 Å². The van der Waals surface area contributed by atoms with Crippen LogP contribution >= 0.6 is 34.2 Å². The summed E-state index contributed by atoms with van der Waals surface area (Å²) in [4.78, 5) is 27.0. The van der Waals surface area contributed by atoms with Crippen LogP contribution in [-0.2, 0) is 9.59 Å². The third-order valence-electron chi connectivity index (χ3n) is 4.38. The summed E-state index contributed by atoms with van der Waals surface area (Å²) in [7, 11) is 0. The first-order chi connectivity index (χ1) is 9.94. The van der Waals surface area contributed by atoms with Gasteiger partial charge in [-0.3, -0.25) is 14.5 Å². The number of carbonyl (C=O) groups excluding carboxylic acids is 2. The van der Waals surface area contributed by atoms with Gasteiger partial charge in [-0.1, -0.05) is 24.4 Å². The molecule has 2 amide bonds. The molecule has 4 nitrogen and oxygen atoms in total. The quantitative estimate of drug-likeness (QED) is 0.713. The SMILES string of the molecule is CC1C(=O)NC2(CCCC2)C(=O)N1c1ccc(Cl)cc1I. The zero-order valence-corrected chi connectivity index (χ0v) is 14.6. The first kappa shape index (κ1) is 15.1. The number of piperazine rings is 1. The molecule has 6 heteroatoms. The third kappa shape index (κ3) is 2.44. The van der Waals surface area contributed by atoms with E-state index in [4.69, 9.17) is 11.6 Å². The van der Waals surface area contributed by atoms with Gasteiger partial charge in [0, 0.05) is 8.59 Å². The highest BCUT2D eigenvalue weighted by Gasteiger charge is 2.51. The van der Waals surface area contributed by atoms with Gasteiger partial charge < -0.3 is 5.32 Å². The number of benzene rings is 1. The Labute approximate surface area is 142 Å². The monoisotopic (exact) mass is 418 g/mol. The van der Waals surface area contributed by atoms with E-state index in [9.17, 15) is 9.59 Å². The molecule has 1 aliphatic carbocycles. The maximum absolute atomic E-state index is 13.0. The van der Waals surface area contributed by atoms with E-state index < -0.39 is 11.6 Å². The Morgan fingerprint density at radius 2 is 2.00 bits per heavy atom. The van der Waals surface area contributed by atoms with Gasteiger partial charge in [-0.05, 0) is 60.6 Å². The summed E-state index contributed by atoms with van der Waals surface area (Å²) in [5.74, 6) is -0.0745. The van der Waals surface area contributed by atoms with E-state index in [0.717, 1.165) is 34.9 Å². The van der Waals surface area contributed by atoms with Crippen molar-refractivity contribution in [1.29, 1.82) is 0 Å². The first-order valence-corrected chi connectivity index (χ1v) is 8.51. The summed E-state index contributed by atoms with van der Waals surface area (Å²) in [5.41, 5.74) is 0.0605. The number of nitrogens with one attached hydrogen (secondary N) is 1. The Morgan fingerprint density at radius 1 is 1.33 bits per heavy atom. The molecule has 1 saturated carbocycles. The molecule has 0 bridgehead atoms. The number of nitrogens with zero attached hydrogens (tertiary/aromatic N) is 1. The number of halogens is 2. The zero-order chi connectivity index (χ0) is 15.2. The minimum absolute atomic E-state index is 0.00679. The molecule has 1 aromatic rings. The van der Waals surface area contributed by atoms with Crippen LogP contribution in [-0.4, -0.2) is 23.4 Å². The van der Waals surface area contributed by atoms with E-state index in [1.54, 1.807) is 17.9 Å². The van der Waals surface area contributed by atoms with Crippen LogP contribution in [0.25, 0.3) is 0 Å². The Balaban J connectivity index is 2.05. The van der Waals surface area contributed by atoms with Crippen molar-refractivity contribution >= 4 is 51.7 Å². The summed E-state index contributed by atoms with van der Waals surface area (Å²) in [6, 6.07) is 4.89. The predicted octanol–water partition coefficient (Wildman–Crippen LogP) is 3.11. The van der Waals surface area contributed by atoms with Gasteiger partial charge in [0.2, 0.25) is 5.91 Å². The van der Waals surface area contributed by atoms with E-state index in [1.807, 2.05) is 12.1 Å². The second-order valence-corrected chi connectivity index (χ2v) is 7.32. The lowest BCUT2D eigenvalue weighted by molar-refractivity contribution is -0.137. The van der Waals surface area contributed by atoms with Gasteiger partial charge >= 0.3 is 0 Å². The molecule has 1 saturated heterocycles. The molecular formula is C15H16ClIN2O2. The van der Waals surface area contributed by atoms with Gasteiger partial charge in [0.1, 0.15) is 11.6 Å². The van der Waals surface area contributed by atoms with E-state index >= 15 is 0 Å². The van der Waals surface area contributed by atoms with Crippen molar-refractivity contribution in [2.75, 3.05) is 4.90 Å². The average molecular weight is 419 g/mol. The number of amides is 2. The molecule has 3 rings (SSSR count). The van der Waals surface area contributed by atoms with Crippen molar-refractivity contribution in [3.05, 3.63) is 26.8 Å². The molecular weight excluding hydrogens is 403 g/mol. The predicted molar refractivity (Wildman–Crippen MR) is 90.5 cm³/mol. The van der Waals surface area contributed by atoms with E-state index in [-0.39, 0.29) is 11.8 Å². The lowest BCUT2D eigenvalue weighted by Crippen LogP contribution is -2.69. The second-order valence-electron chi connectivity index (χ2n) is 5.73. The van der Waals surface area contributed by atoms with Crippen LogP contribution in [0.1, 0.15) is 32.6 Å². The molecule has 1 spiro atoms. The maximum Gasteiger partial charge on any atom is 0.253 e. The molecule has 1 atom stereocenters. The molecule has 1 unspecified atom stereocenters. The minimum Gasteiger partial charge on any atom is -0.340 e. The van der Waals surface area contributed by atoms with E-state index in [1.165, 1.54) is 0 Å². The lowest BCUT2D eigenvalue weighted by atomic mass is 9.90. The molecule has 112 valence electrons. The molecule has 1 heterocycles. The molecule has 1 aromatic carbocycles. The highest BCUT2D eigenvalue weighted by molar-refractivity contribution is 14.1. The summed E-state index contributed by atoms with van der Waals surface area (Å²) in [6.45, 7) is 1.76. The fraction of sp³-hybridized carbons (Fsp3) is 0.467. The fourth-order valence-electron chi connectivity index (χ4n) is 3.23. The summed E-state index contributed by atoms with van der Waals surface area (Å²) >= 11 is 8.15. The van der Waals surface area contributed by atoms with Crippen LogP contribution in [0.3, 0.4) is 0 Å². The van der Waals surface area contributed by atoms with Gasteiger partial charge in [-0.15, -0.1) is 0 Å². The van der Waals surface area contributed by atoms with E-state index in [0.29, 0.717) is 5.02 Å². The molecule has 2 fully saturated rings. The smallest absolute Gasteiger partial charge is 0.253 e. The van der Waals surface area contributed by atoms with Crippen molar-refractivity contribution in [2.24, 2.45) is 0 Å². The lowest BCUT2D eigenvalue weighted by Gasteiger charge is -2.43. The van der Waals surface area contributed by atoms with Gasteiger partial charge in [0.25, 0.3) is 5.91 Å². The standard InChI is InChI=1S/C15H16ClIN2O2/c1-9-13(20)18-15(6-2-3-7-15)14(21)19(9)12-5-4-10(16)8-11(12)17/h4-5,8-9H,2-3,6-7H2,1H3,(H,18,20). The number of hydrogen-bond donors (Lipinski definition) is 1. The van der Waals surface area contributed by atoms with Crippen LogP contribution in [0.5, 0.6) is 0 Å². The molecule has 1 aliphatic heterocycles. The van der Waals surface area contributed by atoms with Crippen molar-refractivity contribution in [3.63, 3.8) is 0 Å². The minimum atomic E-state index is -0.702. The highest BCUT2D eigenvalue weighted by Crippen LogP contribution is 2.38. The highest BCUT2D eigenvalue weighted by atomic mass is 127. The summed E-state index contributed by atoms with van der Waals surface area (Å²) in [6.07, 6.45) is 3.41. The van der Waals surface area contributed by atoms with Crippen molar-refractivity contribution in [1.82, 2.24) is 5.32 Å². The number of carbonyl (C=O) groups is 2. The zero-order valence-electron chi connectivity index (χ0n) is 11.7. The Morgan fingerprint density at radius 3 is 2.62 bits per heavy atom. The largest absolute Gasteiger partial charge is 0.340 e. The first-order valence-electron chi connectivity index (χ1n) is 7.05. The van der Waals surface area contributed by atoms with Crippen LogP contribution in [0.4, 0.5) is 5.69 Å². The maximum atomic E-state index is 13.0. The third-order valence-corrected chi connectivity index (χ3v) is 5.48. The van der Waals surface area contributed by atoms with Crippen LogP contribution < -0.4 is 10.2 Å². The van der Waals surface area contributed by atoms with Crippen LogP contribution in [0, 0.1) is 3.57 Å². The number of hydrogen-bond acceptors (Lipinski definition) is 2. The Bertz CT molecular complexity index is 614. The topological polar surface area (TPSA) is 49.4 Å². The molecule has 0 aromatic heterocycles. The van der Waals surface area contributed by atoms with Crippen molar-refractivity contribution < 1.29 is 9.59 Å². The number of rotatable bonds is 1. The fourth-order valence-corrected chi connectivity index (χ4v) is 4.36. The van der Waals surface area contributed by atoms with Crippen molar-refractivity contribution in [3.8, 4) is 0 Å². The molecule has 0 radical (unpaired) electrons. The summed E-state index contributed by atoms with van der Waals surface area (Å²) < 4.78 is 0.878. The molecule has 21 heavy (non-hydrogen) atoms. The normalized spacial score (nSPS) is 24.5. The Kier molecular flexibility index (Phi) is 3.90. The van der Waals surface area contributed by atoms with Crippen molar-refractivity contribution in [2.45, 2.75) is 44.2 Å².